The number of thioether (sulfide) groups is 1. The Morgan fingerprint density at radius 2 is 2.06 bits per heavy atom. The van der Waals surface area contributed by atoms with Crippen molar-refractivity contribution >= 4 is 34.9 Å². The Morgan fingerprint density at radius 3 is 2.75 bits per heavy atom. The minimum absolute atomic E-state index is 0.115. The van der Waals surface area contributed by atoms with Gasteiger partial charge in [-0.05, 0) is 30.5 Å². The van der Waals surface area contributed by atoms with Crippen LogP contribution in [0.15, 0.2) is 44.6 Å². The van der Waals surface area contributed by atoms with Crippen LogP contribution in [0.1, 0.15) is 4.88 Å². The number of hydrogen-bond acceptors (Lipinski definition) is 5. The van der Waals surface area contributed by atoms with Gasteiger partial charge in [0.1, 0.15) is 5.03 Å². The van der Waals surface area contributed by atoms with E-state index in [2.05, 4.69) is 4.98 Å². The van der Waals surface area contributed by atoms with Crippen molar-refractivity contribution in [3.8, 4) is 0 Å². The van der Waals surface area contributed by atoms with E-state index in [-0.39, 0.29) is 6.61 Å². The van der Waals surface area contributed by atoms with Crippen LogP contribution < -0.4 is 0 Å². The molecule has 0 amide bonds. The summed E-state index contributed by atoms with van der Waals surface area (Å²) in [6.45, 7) is 0.115. The van der Waals surface area contributed by atoms with Crippen LogP contribution in [0.2, 0.25) is 0 Å². The molecule has 0 aliphatic heterocycles. The van der Waals surface area contributed by atoms with E-state index in [9.17, 15) is 0 Å². The third-order valence-corrected chi connectivity index (χ3v) is 4.69. The van der Waals surface area contributed by atoms with E-state index in [1.807, 2.05) is 36.6 Å². The van der Waals surface area contributed by atoms with E-state index in [4.69, 9.17) is 5.11 Å². The summed E-state index contributed by atoms with van der Waals surface area (Å²) in [6.07, 6.45) is 2.02. The molecule has 0 unspecified atom stereocenters. The number of pyridine rings is 1. The Bertz CT molecular complexity index is 470. The van der Waals surface area contributed by atoms with Gasteiger partial charge in [0.15, 0.2) is 0 Å². The van der Waals surface area contributed by atoms with E-state index in [0.29, 0.717) is 0 Å². The predicted octanol–water partition coefficient (Wildman–Crippen LogP) is 3.51. The van der Waals surface area contributed by atoms with Crippen LogP contribution in [0.3, 0.4) is 0 Å². The summed E-state index contributed by atoms with van der Waals surface area (Å²) >= 11 is 4.89. The van der Waals surface area contributed by atoms with Crippen molar-refractivity contribution in [3.63, 3.8) is 0 Å². The van der Waals surface area contributed by atoms with Gasteiger partial charge in [-0.3, -0.25) is 0 Å². The molecule has 2 aromatic heterocycles. The summed E-state index contributed by atoms with van der Waals surface area (Å²) in [5.74, 6) is 0. The van der Waals surface area contributed by atoms with E-state index in [1.165, 1.54) is 0 Å². The van der Waals surface area contributed by atoms with Crippen LogP contribution in [0.25, 0.3) is 0 Å². The fourth-order valence-corrected chi connectivity index (χ4v) is 3.60. The molecule has 2 rings (SSSR count). The molecule has 0 saturated heterocycles. The van der Waals surface area contributed by atoms with Crippen LogP contribution in [0.4, 0.5) is 0 Å². The van der Waals surface area contributed by atoms with Crippen LogP contribution in [-0.2, 0) is 6.61 Å². The molecule has 2 heterocycles. The number of aliphatic hydroxyl groups excluding tert-OH is 1. The molecule has 16 heavy (non-hydrogen) atoms. The van der Waals surface area contributed by atoms with Gasteiger partial charge in [0, 0.05) is 4.88 Å². The maximum Gasteiger partial charge on any atom is 0.103 e. The maximum absolute atomic E-state index is 8.98. The van der Waals surface area contributed by atoms with Crippen molar-refractivity contribution in [3.05, 3.63) is 35.2 Å². The van der Waals surface area contributed by atoms with Gasteiger partial charge in [0.2, 0.25) is 0 Å². The number of aliphatic hydroxyl groups is 1. The lowest BCUT2D eigenvalue weighted by atomic mass is 10.5. The minimum Gasteiger partial charge on any atom is -0.391 e. The van der Waals surface area contributed by atoms with Gasteiger partial charge in [-0.1, -0.05) is 17.8 Å². The van der Waals surface area contributed by atoms with Gasteiger partial charge in [0.05, 0.1) is 15.8 Å². The second-order valence-electron chi connectivity index (χ2n) is 3.00. The van der Waals surface area contributed by atoms with Crippen LogP contribution in [-0.4, -0.2) is 16.3 Å². The number of thiophene rings is 1. The lowest BCUT2D eigenvalue weighted by molar-refractivity contribution is 0.285. The van der Waals surface area contributed by atoms with E-state index >= 15 is 0 Å². The topological polar surface area (TPSA) is 33.1 Å². The van der Waals surface area contributed by atoms with Crippen molar-refractivity contribution < 1.29 is 5.11 Å². The van der Waals surface area contributed by atoms with E-state index in [1.54, 1.807) is 34.9 Å². The van der Waals surface area contributed by atoms with Crippen LogP contribution in [0, 0.1) is 0 Å². The summed E-state index contributed by atoms with van der Waals surface area (Å²) < 4.78 is 1.16. The number of rotatable bonds is 4. The Balaban J connectivity index is 2.13. The normalized spacial score (nSPS) is 10.6. The second kappa shape index (κ2) is 5.72. The van der Waals surface area contributed by atoms with Gasteiger partial charge >= 0.3 is 0 Å². The summed E-state index contributed by atoms with van der Waals surface area (Å²) in [7, 11) is 0. The molecule has 0 saturated carbocycles. The maximum atomic E-state index is 8.98. The Morgan fingerprint density at radius 1 is 1.25 bits per heavy atom. The zero-order valence-corrected chi connectivity index (χ0v) is 11.2. The van der Waals surface area contributed by atoms with Crippen molar-refractivity contribution in [1.82, 2.24) is 4.98 Å². The Hall–Kier alpha value is -0.490. The second-order valence-corrected chi connectivity index (χ2v) is 6.31. The fraction of sp³-hybridized carbons (Fsp3) is 0.182. The van der Waals surface area contributed by atoms with Crippen molar-refractivity contribution in [2.24, 2.45) is 0 Å². The molecule has 2 aromatic rings. The Kier molecular flexibility index (Phi) is 4.29. The Labute approximate surface area is 107 Å². The average Bonchev–Trinajstić information content (AvgIpc) is 2.77. The largest absolute Gasteiger partial charge is 0.391 e. The SMILES string of the molecule is CSc1cccc(Sc2ccc(CO)s2)n1. The lowest BCUT2D eigenvalue weighted by Gasteiger charge is -1.99. The van der Waals surface area contributed by atoms with Gasteiger partial charge < -0.3 is 5.11 Å². The third kappa shape index (κ3) is 3.01. The molecule has 1 N–H and O–H groups in total. The molecule has 0 bridgehead atoms. The fourth-order valence-electron chi connectivity index (χ4n) is 1.17. The van der Waals surface area contributed by atoms with Crippen LogP contribution >= 0.6 is 34.9 Å². The monoisotopic (exact) mass is 269 g/mol. The first-order valence-electron chi connectivity index (χ1n) is 4.70. The molecule has 5 heteroatoms. The molecule has 0 atom stereocenters. The van der Waals surface area contributed by atoms with Crippen molar-refractivity contribution in [2.45, 2.75) is 20.9 Å². The van der Waals surface area contributed by atoms with E-state index < -0.39 is 0 Å². The number of nitrogens with zero attached hydrogens (tertiary/aromatic N) is 1. The smallest absolute Gasteiger partial charge is 0.103 e. The quantitative estimate of drug-likeness (QED) is 0.861. The summed E-state index contributed by atoms with van der Waals surface area (Å²) in [4.78, 5) is 5.48. The minimum atomic E-state index is 0.115. The highest BCUT2D eigenvalue weighted by Gasteiger charge is 2.03. The zero-order chi connectivity index (χ0) is 11.4. The molecule has 84 valence electrons. The first-order valence-corrected chi connectivity index (χ1v) is 7.56. The predicted molar refractivity (Wildman–Crippen MR) is 70.4 cm³/mol. The van der Waals surface area contributed by atoms with Crippen molar-refractivity contribution in [2.75, 3.05) is 6.26 Å². The molecule has 0 aromatic carbocycles. The zero-order valence-electron chi connectivity index (χ0n) is 8.71. The number of aromatic nitrogens is 1. The standard InChI is InChI=1S/C11H11NOS3/c1-14-9-3-2-4-10(12-9)16-11-6-5-8(7-13)15-11/h2-6,13H,7H2,1H3. The average molecular weight is 269 g/mol. The highest BCUT2D eigenvalue weighted by atomic mass is 32.2. The van der Waals surface area contributed by atoms with Gasteiger partial charge in [-0.15, -0.1) is 23.1 Å². The molecule has 0 aliphatic carbocycles. The summed E-state index contributed by atoms with van der Waals surface area (Å²) in [5.41, 5.74) is 0. The van der Waals surface area contributed by atoms with Crippen molar-refractivity contribution in [1.29, 1.82) is 0 Å². The van der Waals surface area contributed by atoms with Gasteiger partial charge in [0.25, 0.3) is 0 Å². The first-order chi connectivity index (χ1) is 7.81. The lowest BCUT2D eigenvalue weighted by Crippen LogP contribution is -1.80. The third-order valence-electron chi connectivity index (χ3n) is 1.91. The number of hydrogen-bond donors (Lipinski definition) is 1. The molecule has 0 radical (unpaired) electrons. The van der Waals surface area contributed by atoms with E-state index in [0.717, 1.165) is 19.1 Å². The molecular weight excluding hydrogens is 258 g/mol. The first kappa shape index (κ1) is 12.0. The van der Waals surface area contributed by atoms with Crippen LogP contribution in [0.5, 0.6) is 0 Å². The van der Waals surface area contributed by atoms with Gasteiger partial charge in [-0.25, -0.2) is 4.98 Å². The molecular formula is C11H11NOS3. The highest BCUT2D eigenvalue weighted by molar-refractivity contribution is 8.01. The summed E-state index contributed by atoms with van der Waals surface area (Å²) in [5, 5.41) is 11.0. The highest BCUT2D eigenvalue weighted by Crippen LogP contribution is 2.32. The molecule has 0 aliphatic rings. The van der Waals surface area contributed by atoms with Gasteiger partial charge in [-0.2, -0.15) is 0 Å². The summed E-state index contributed by atoms with van der Waals surface area (Å²) in [6, 6.07) is 9.99. The molecule has 0 spiro atoms. The molecule has 0 fully saturated rings. The molecule has 2 nitrogen and oxygen atoms in total.